The van der Waals surface area contributed by atoms with E-state index in [-0.39, 0.29) is 5.56 Å². The Bertz CT molecular complexity index is 751. The van der Waals surface area contributed by atoms with E-state index in [2.05, 4.69) is 10.3 Å². The normalized spacial score (nSPS) is 24.7. The van der Waals surface area contributed by atoms with Gasteiger partial charge in [0.25, 0.3) is 5.56 Å². The van der Waals surface area contributed by atoms with Crippen LogP contribution in [0.3, 0.4) is 0 Å². The van der Waals surface area contributed by atoms with E-state index in [0.717, 1.165) is 15.8 Å². The lowest BCUT2D eigenvalue weighted by molar-refractivity contribution is 0.385. The number of fused-ring (bicyclic) bond motifs is 2. The Hall–Kier alpha value is -1.34. The van der Waals surface area contributed by atoms with Gasteiger partial charge in [-0.15, -0.1) is 11.3 Å². The van der Waals surface area contributed by atoms with Gasteiger partial charge in [-0.05, 0) is 12.8 Å². The average Bonchev–Trinajstić information content (AvgIpc) is 3.11. The lowest BCUT2D eigenvalue weighted by Gasteiger charge is -2.23. The molecule has 0 unspecified atom stereocenters. The molecule has 2 atom stereocenters. The lowest BCUT2D eigenvalue weighted by atomic mass is 9.92. The van der Waals surface area contributed by atoms with Crippen LogP contribution < -0.4 is 10.9 Å². The number of aliphatic imine (C=N–C) groups is 1. The van der Waals surface area contributed by atoms with E-state index in [0.29, 0.717) is 17.8 Å². The maximum absolute atomic E-state index is 11.9. The molecule has 1 aliphatic heterocycles. The van der Waals surface area contributed by atoms with E-state index in [1.54, 1.807) is 28.4 Å². The number of hydrogen-bond acceptors (Lipinski definition) is 6. The number of rotatable bonds is 2. The van der Waals surface area contributed by atoms with E-state index in [4.69, 9.17) is 4.99 Å². The highest BCUT2D eigenvalue weighted by atomic mass is 32.2. The fraction of sp³-hybridized carbons (Fsp3) is 0.500. The zero-order valence-electron chi connectivity index (χ0n) is 11.5. The van der Waals surface area contributed by atoms with Crippen LogP contribution in [0, 0.1) is 0 Å². The van der Waals surface area contributed by atoms with Crippen LogP contribution in [-0.2, 0) is 5.75 Å². The maximum Gasteiger partial charge on any atom is 0.258 e. The van der Waals surface area contributed by atoms with Gasteiger partial charge in [-0.3, -0.25) is 14.2 Å². The molecule has 0 saturated heterocycles. The van der Waals surface area contributed by atoms with Gasteiger partial charge in [-0.25, -0.2) is 4.98 Å². The molecule has 2 aliphatic rings. The zero-order chi connectivity index (χ0) is 14.2. The molecule has 21 heavy (non-hydrogen) atoms. The summed E-state index contributed by atoms with van der Waals surface area (Å²) in [5.74, 6) is 0.689. The van der Waals surface area contributed by atoms with Crippen LogP contribution in [0.2, 0.25) is 0 Å². The summed E-state index contributed by atoms with van der Waals surface area (Å²) >= 11 is 3.14. The van der Waals surface area contributed by atoms with Crippen molar-refractivity contribution < 1.29 is 0 Å². The minimum absolute atomic E-state index is 0.00756. The molecule has 0 amide bonds. The van der Waals surface area contributed by atoms with Gasteiger partial charge in [-0.1, -0.05) is 24.6 Å². The lowest BCUT2D eigenvalue weighted by Crippen LogP contribution is -2.36. The summed E-state index contributed by atoms with van der Waals surface area (Å²) in [5, 5.41) is 6.41. The highest BCUT2D eigenvalue weighted by molar-refractivity contribution is 8.13. The number of thiazole rings is 1. The molecule has 1 fully saturated rings. The average molecular weight is 320 g/mol. The number of thioether (sulfide) groups is 1. The van der Waals surface area contributed by atoms with Gasteiger partial charge in [-0.2, -0.15) is 0 Å². The number of nitrogens with one attached hydrogen (secondary N) is 1. The van der Waals surface area contributed by atoms with Crippen molar-refractivity contribution in [3.05, 3.63) is 33.7 Å². The van der Waals surface area contributed by atoms with Crippen LogP contribution in [0.5, 0.6) is 0 Å². The van der Waals surface area contributed by atoms with Crippen LogP contribution in [0.4, 0.5) is 0 Å². The summed E-state index contributed by atoms with van der Waals surface area (Å²) in [7, 11) is 0. The molecule has 1 aliphatic carbocycles. The van der Waals surface area contributed by atoms with Crippen LogP contribution >= 0.6 is 23.1 Å². The highest BCUT2D eigenvalue weighted by Crippen LogP contribution is 2.27. The first-order valence-electron chi connectivity index (χ1n) is 7.22. The molecule has 2 aromatic heterocycles. The first kappa shape index (κ1) is 13.3. The van der Waals surface area contributed by atoms with Gasteiger partial charge in [0, 0.05) is 23.4 Å². The predicted molar refractivity (Wildman–Crippen MR) is 87.2 cm³/mol. The number of aromatic nitrogens is 2. The third-order valence-corrected chi connectivity index (χ3v) is 5.73. The van der Waals surface area contributed by atoms with E-state index in [1.807, 2.05) is 5.38 Å². The summed E-state index contributed by atoms with van der Waals surface area (Å²) < 4.78 is 1.58. The van der Waals surface area contributed by atoms with Crippen molar-refractivity contribution >= 4 is 33.2 Å². The van der Waals surface area contributed by atoms with E-state index in [9.17, 15) is 4.79 Å². The maximum atomic E-state index is 11.9. The minimum Gasteiger partial charge on any atom is -0.360 e. The van der Waals surface area contributed by atoms with Gasteiger partial charge in [0.1, 0.15) is 0 Å². The van der Waals surface area contributed by atoms with E-state index >= 15 is 0 Å². The van der Waals surface area contributed by atoms with Crippen molar-refractivity contribution in [3.63, 3.8) is 0 Å². The fourth-order valence-electron chi connectivity index (χ4n) is 2.96. The Kier molecular flexibility index (Phi) is 3.46. The van der Waals surface area contributed by atoms with Crippen LogP contribution in [-0.4, -0.2) is 26.6 Å². The molecule has 0 spiro atoms. The molecule has 4 rings (SSSR count). The molecule has 0 bridgehead atoms. The Morgan fingerprint density at radius 1 is 1.43 bits per heavy atom. The summed E-state index contributed by atoms with van der Waals surface area (Å²) in [4.78, 5) is 22.0. The van der Waals surface area contributed by atoms with Crippen molar-refractivity contribution in [3.8, 4) is 0 Å². The monoisotopic (exact) mass is 320 g/mol. The summed E-state index contributed by atoms with van der Waals surface area (Å²) in [6, 6.07) is 2.61. The third kappa shape index (κ3) is 2.60. The van der Waals surface area contributed by atoms with Gasteiger partial charge in [0.2, 0.25) is 0 Å². The Morgan fingerprint density at radius 2 is 2.33 bits per heavy atom. The standard InChI is InChI=1S/C14H16N4OS2/c19-12-7-9(15-14-18(12)5-6-20-14)8-21-13-16-10-3-1-2-4-11(10)17-13/h5-7,10-11H,1-4,8H2,(H,16,17)/t10-,11+. The van der Waals surface area contributed by atoms with E-state index in [1.165, 1.54) is 37.0 Å². The SMILES string of the molecule is O=c1cc(CSC2=N[C@@H]3CCCC[C@@H]3N2)nc2sccn12. The van der Waals surface area contributed by atoms with Crippen LogP contribution in [0.1, 0.15) is 31.4 Å². The van der Waals surface area contributed by atoms with Gasteiger partial charge >= 0.3 is 0 Å². The second kappa shape index (κ2) is 5.46. The van der Waals surface area contributed by atoms with E-state index < -0.39 is 0 Å². The van der Waals surface area contributed by atoms with Crippen molar-refractivity contribution in [2.24, 2.45) is 4.99 Å². The zero-order valence-corrected chi connectivity index (χ0v) is 13.1. The second-order valence-corrected chi connectivity index (χ2v) is 7.30. The molecule has 1 N–H and O–H groups in total. The first-order valence-corrected chi connectivity index (χ1v) is 9.09. The van der Waals surface area contributed by atoms with Crippen LogP contribution in [0.15, 0.2) is 27.4 Å². The highest BCUT2D eigenvalue weighted by Gasteiger charge is 2.30. The second-order valence-electron chi connectivity index (χ2n) is 5.47. The van der Waals surface area contributed by atoms with Crippen molar-refractivity contribution in [2.75, 3.05) is 0 Å². The van der Waals surface area contributed by atoms with Gasteiger partial charge in [0.05, 0.1) is 17.8 Å². The van der Waals surface area contributed by atoms with Gasteiger partial charge < -0.3 is 5.32 Å². The number of hydrogen-bond donors (Lipinski definition) is 1. The molecule has 1 saturated carbocycles. The summed E-state index contributed by atoms with van der Waals surface area (Å²) in [6.45, 7) is 0. The molecule has 110 valence electrons. The van der Waals surface area contributed by atoms with Gasteiger partial charge in [0.15, 0.2) is 10.1 Å². The third-order valence-electron chi connectivity index (χ3n) is 4.03. The summed E-state index contributed by atoms with van der Waals surface area (Å²) in [5.41, 5.74) is 0.818. The molecule has 7 heteroatoms. The molecule has 0 aromatic carbocycles. The largest absolute Gasteiger partial charge is 0.360 e. The van der Waals surface area contributed by atoms with Crippen LogP contribution in [0.25, 0.3) is 4.96 Å². The van der Waals surface area contributed by atoms with Crippen molar-refractivity contribution in [2.45, 2.75) is 43.5 Å². The van der Waals surface area contributed by atoms with Crippen molar-refractivity contribution in [1.82, 2.24) is 14.7 Å². The number of nitrogens with zero attached hydrogens (tertiary/aromatic N) is 3. The molecular weight excluding hydrogens is 304 g/mol. The number of amidine groups is 1. The molecule has 2 aromatic rings. The Balaban J connectivity index is 1.47. The fourth-order valence-corrected chi connectivity index (χ4v) is 4.58. The Morgan fingerprint density at radius 3 is 3.24 bits per heavy atom. The molecule has 0 radical (unpaired) electrons. The Labute approximate surface area is 130 Å². The summed E-state index contributed by atoms with van der Waals surface area (Å²) in [6.07, 6.45) is 6.77. The minimum atomic E-state index is -0.00756. The van der Waals surface area contributed by atoms with Crippen molar-refractivity contribution in [1.29, 1.82) is 0 Å². The molecule has 5 nitrogen and oxygen atoms in total. The topological polar surface area (TPSA) is 58.8 Å². The molecular formula is C14H16N4OS2. The molecule has 3 heterocycles. The predicted octanol–water partition coefficient (Wildman–Crippen LogP) is 2.26. The smallest absolute Gasteiger partial charge is 0.258 e. The quantitative estimate of drug-likeness (QED) is 0.922. The first-order chi connectivity index (χ1) is 10.3.